The fourth-order valence-corrected chi connectivity index (χ4v) is 3.95. The van der Waals surface area contributed by atoms with Gasteiger partial charge in [-0.05, 0) is 69.7 Å². The maximum absolute atomic E-state index is 12.6. The molecule has 1 unspecified atom stereocenters. The van der Waals surface area contributed by atoms with Crippen LogP contribution < -0.4 is 5.32 Å². The van der Waals surface area contributed by atoms with Crippen LogP contribution in [0.15, 0.2) is 24.3 Å². The van der Waals surface area contributed by atoms with Gasteiger partial charge in [-0.15, -0.1) is 0 Å². The number of carbonyl (C=O) groups is 3. The molecule has 2 N–H and O–H groups in total. The molecule has 0 radical (unpaired) electrons. The lowest BCUT2D eigenvalue weighted by molar-refractivity contribution is -0.141. The van der Waals surface area contributed by atoms with Crippen molar-refractivity contribution in [3.8, 4) is 0 Å². The summed E-state index contributed by atoms with van der Waals surface area (Å²) in [4.78, 5) is 37.9. The zero-order valence-corrected chi connectivity index (χ0v) is 15.1. The van der Waals surface area contributed by atoms with Crippen LogP contribution in [0, 0.1) is 11.8 Å². The molecule has 3 atom stereocenters. The van der Waals surface area contributed by atoms with E-state index in [1.54, 1.807) is 24.3 Å². The number of benzene rings is 1. The SMILES string of the molecule is CC1CCCCN1C(=O)c1ccc(NC(=O)[C@@H]2CC[C@H](C(=O)O)C2)cc1. The highest BCUT2D eigenvalue weighted by Crippen LogP contribution is 2.32. The van der Waals surface area contributed by atoms with Crippen LogP contribution >= 0.6 is 0 Å². The van der Waals surface area contributed by atoms with Gasteiger partial charge in [-0.25, -0.2) is 0 Å². The smallest absolute Gasteiger partial charge is 0.306 e. The van der Waals surface area contributed by atoms with Crippen molar-refractivity contribution in [3.63, 3.8) is 0 Å². The molecule has 26 heavy (non-hydrogen) atoms. The lowest BCUT2D eigenvalue weighted by atomic mass is 10.0. The predicted octanol–water partition coefficient (Wildman–Crippen LogP) is 3.14. The van der Waals surface area contributed by atoms with E-state index in [1.807, 2.05) is 4.90 Å². The lowest BCUT2D eigenvalue weighted by Crippen LogP contribution is -2.42. The molecule has 2 aliphatic rings. The van der Waals surface area contributed by atoms with E-state index in [0.717, 1.165) is 19.4 Å². The third-order valence-corrected chi connectivity index (χ3v) is 5.62. The monoisotopic (exact) mass is 358 g/mol. The summed E-state index contributed by atoms with van der Waals surface area (Å²) in [6.07, 6.45) is 4.80. The highest BCUT2D eigenvalue weighted by Gasteiger charge is 2.33. The molecule has 1 aromatic rings. The average Bonchev–Trinajstić information content (AvgIpc) is 3.13. The first-order valence-electron chi connectivity index (χ1n) is 9.40. The van der Waals surface area contributed by atoms with Crippen LogP contribution in [0.4, 0.5) is 5.69 Å². The zero-order valence-electron chi connectivity index (χ0n) is 15.1. The Kier molecular flexibility index (Phi) is 5.59. The summed E-state index contributed by atoms with van der Waals surface area (Å²) in [6, 6.07) is 7.23. The Morgan fingerprint density at radius 1 is 1.04 bits per heavy atom. The van der Waals surface area contributed by atoms with Gasteiger partial charge in [-0.1, -0.05) is 0 Å². The van der Waals surface area contributed by atoms with Gasteiger partial charge in [0, 0.05) is 29.8 Å². The number of aliphatic carboxylic acids is 1. The van der Waals surface area contributed by atoms with Crippen molar-refractivity contribution in [2.75, 3.05) is 11.9 Å². The molecule has 2 fully saturated rings. The normalized spacial score (nSPS) is 25.7. The van der Waals surface area contributed by atoms with E-state index >= 15 is 0 Å². The van der Waals surface area contributed by atoms with E-state index < -0.39 is 11.9 Å². The highest BCUT2D eigenvalue weighted by atomic mass is 16.4. The van der Waals surface area contributed by atoms with Gasteiger partial charge in [-0.2, -0.15) is 0 Å². The van der Waals surface area contributed by atoms with Crippen LogP contribution in [0.2, 0.25) is 0 Å². The maximum atomic E-state index is 12.6. The third kappa shape index (κ3) is 4.06. The quantitative estimate of drug-likeness (QED) is 0.866. The lowest BCUT2D eigenvalue weighted by Gasteiger charge is -2.33. The van der Waals surface area contributed by atoms with Crippen molar-refractivity contribution in [2.24, 2.45) is 11.8 Å². The van der Waals surface area contributed by atoms with Gasteiger partial charge in [0.15, 0.2) is 0 Å². The molecule has 0 spiro atoms. The van der Waals surface area contributed by atoms with Crippen LogP contribution in [0.3, 0.4) is 0 Å². The van der Waals surface area contributed by atoms with Crippen molar-refractivity contribution in [1.29, 1.82) is 0 Å². The molecule has 0 bridgehead atoms. The number of carboxylic acids is 1. The first kappa shape index (κ1) is 18.4. The topological polar surface area (TPSA) is 86.7 Å². The van der Waals surface area contributed by atoms with E-state index in [-0.39, 0.29) is 23.8 Å². The summed E-state index contributed by atoms with van der Waals surface area (Å²) in [5, 5.41) is 11.9. The van der Waals surface area contributed by atoms with Crippen LogP contribution in [-0.2, 0) is 9.59 Å². The Morgan fingerprint density at radius 3 is 2.35 bits per heavy atom. The fourth-order valence-electron chi connectivity index (χ4n) is 3.95. The van der Waals surface area contributed by atoms with Gasteiger partial charge < -0.3 is 15.3 Å². The minimum Gasteiger partial charge on any atom is -0.481 e. The number of rotatable bonds is 4. The fraction of sp³-hybridized carbons (Fsp3) is 0.550. The van der Waals surface area contributed by atoms with Gasteiger partial charge in [-0.3, -0.25) is 14.4 Å². The highest BCUT2D eigenvalue weighted by molar-refractivity contribution is 5.96. The zero-order chi connectivity index (χ0) is 18.7. The van der Waals surface area contributed by atoms with E-state index in [4.69, 9.17) is 5.11 Å². The maximum Gasteiger partial charge on any atom is 0.306 e. The number of carboxylic acid groups (broad SMARTS) is 1. The first-order valence-corrected chi connectivity index (χ1v) is 9.40. The second-order valence-electron chi connectivity index (χ2n) is 7.46. The molecule has 1 saturated carbocycles. The van der Waals surface area contributed by atoms with Crippen LogP contribution in [0.1, 0.15) is 55.8 Å². The van der Waals surface area contributed by atoms with E-state index in [0.29, 0.717) is 30.5 Å². The second kappa shape index (κ2) is 7.89. The van der Waals surface area contributed by atoms with Crippen molar-refractivity contribution >= 4 is 23.5 Å². The average molecular weight is 358 g/mol. The molecule has 0 aromatic heterocycles. The first-order chi connectivity index (χ1) is 12.5. The largest absolute Gasteiger partial charge is 0.481 e. The number of piperidine rings is 1. The molecule has 6 nitrogen and oxygen atoms in total. The Balaban J connectivity index is 1.58. The van der Waals surface area contributed by atoms with Gasteiger partial charge in [0.2, 0.25) is 5.91 Å². The van der Waals surface area contributed by atoms with E-state index in [2.05, 4.69) is 12.2 Å². The number of hydrogen-bond acceptors (Lipinski definition) is 3. The third-order valence-electron chi connectivity index (χ3n) is 5.62. The van der Waals surface area contributed by atoms with Gasteiger partial charge in [0.25, 0.3) is 5.91 Å². The Hall–Kier alpha value is -2.37. The molecule has 1 aliphatic carbocycles. The molecule has 1 aromatic carbocycles. The molecule has 6 heteroatoms. The standard InChI is InChI=1S/C20H26N2O4/c1-13-4-2-3-11-22(13)19(24)14-7-9-17(10-8-14)21-18(23)15-5-6-16(12-15)20(25)26/h7-10,13,15-16H,2-6,11-12H2,1H3,(H,21,23)(H,25,26)/t13?,15-,16+/m1/s1. The molecular formula is C20H26N2O4. The molecule has 3 rings (SSSR count). The van der Waals surface area contributed by atoms with Crippen molar-refractivity contribution < 1.29 is 19.5 Å². The Morgan fingerprint density at radius 2 is 1.73 bits per heavy atom. The van der Waals surface area contributed by atoms with E-state index in [1.165, 1.54) is 6.42 Å². The molecule has 1 heterocycles. The van der Waals surface area contributed by atoms with Gasteiger partial charge in [0.1, 0.15) is 0 Å². The minimum absolute atomic E-state index is 0.0372. The summed E-state index contributed by atoms with van der Waals surface area (Å²) in [7, 11) is 0. The molecule has 140 valence electrons. The van der Waals surface area contributed by atoms with E-state index in [9.17, 15) is 14.4 Å². The number of likely N-dealkylation sites (tertiary alicyclic amines) is 1. The number of nitrogens with one attached hydrogen (secondary N) is 1. The predicted molar refractivity (Wildman–Crippen MR) is 97.9 cm³/mol. The van der Waals surface area contributed by atoms with Crippen LogP contribution in [0.5, 0.6) is 0 Å². The van der Waals surface area contributed by atoms with Crippen molar-refractivity contribution in [2.45, 2.75) is 51.5 Å². The summed E-state index contributed by atoms with van der Waals surface area (Å²) >= 11 is 0. The Labute approximate surface area is 153 Å². The van der Waals surface area contributed by atoms with Crippen LogP contribution in [-0.4, -0.2) is 40.4 Å². The van der Waals surface area contributed by atoms with Crippen molar-refractivity contribution in [1.82, 2.24) is 4.90 Å². The second-order valence-corrected chi connectivity index (χ2v) is 7.46. The summed E-state index contributed by atoms with van der Waals surface area (Å²) in [6.45, 7) is 2.88. The number of anilines is 1. The number of carbonyl (C=O) groups excluding carboxylic acids is 2. The van der Waals surface area contributed by atoms with Gasteiger partial charge >= 0.3 is 5.97 Å². The molecule has 1 aliphatic heterocycles. The minimum atomic E-state index is -0.824. The van der Waals surface area contributed by atoms with Gasteiger partial charge in [0.05, 0.1) is 5.92 Å². The number of amides is 2. The molecular weight excluding hydrogens is 332 g/mol. The number of nitrogens with zero attached hydrogens (tertiary/aromatic N) is 1. The molecule has 2 amide bonds. The summed E-state index contributed by atoms with van der Waals surface area (Å²) in [5.74, 6) is -1.60. The molecule has 1 saturated heterocycles. The van der Waals surface area contributed by atoms with Crippen LogP contribution in [0.25, 0.3) is 0 Å². The summed E-state index contributed by atoms with van der Waals surface area (Å²) < 4.78 is 0. The Bertz CT molecular complexity index is 686. The summed E-state index contributed by atoms with van der Waals surface area (Å²) in [5.41, 5.74) is 1.26. The van der Waals surface area contributed by atoms with Crippen molar-refractivity contribution in [3.05, 3.63) is 29.8 Å². The number of hydrogen-bond donors (Lipinski definition) is 2.